The molecule has 0 saturated carbocycles. The van der Waals surface area contributed by atoms with Gasteiger partial charge < -0.3 is 5.32 Å². The Morgan fingerprint density at radius 3 is 2.67 bits per heavy atom. The zero-order valence-electron chi connectivity index (χ0n) is 12.9. The van der Waals surface area contributed by atoms with Crippen LogP contribution in [0.1, 0.15) is 48.1 Å². The van der Waals surface area contributed by atoms with E-state index in [0.717, 1.165) is 13.0 Å². The standard InChI is InChI=1S/C20H25N/c1-16(19-13-12-18-10-5-11-20(18)15-19)21-14-6-9-17-7-3-2-4-8-17/h2-4,7-8,12-13,15-16,21H,5-6,9-11,14H2,1H3. The highest BCUT2D eigenvalue weighted by Gasteiger charge is 2.13. The number of hydrogen-bond donors (Lipinski definition) is 1. The van der Waals surface area contributed by atoms with Crippen LogP contribution in [0.4, 0.5) is 0 Å². The summed E-state index contributed by atoms with van der Waals surface area (Å²) >= 11 is 0. The molecule has 110 valence electrons. The van der Waals surface area contributed by atoms with E-state index in [0.29, 0.717) is 6.04 Å². The average Bonchev–Trinajstić information content (AvgIpc) is 3.00. The van der Waals surface area contributed by atoms with Crippen molar-refractivity contribution in [3.05, 3.63) is 70.8 Å². The fraction of sp³-hybridized carbons (Fsp3) is 0.400. The van der Waals surface area contributed by atoms with Crippen molar-refractivity contribution in [2.45, 2.75) is 45.1 Å². The molecule has 0 bridgehead atoms. The molecule has 1 unspecified atom stereocenters. The summed E-state index contributed by atoms with van der Waals surface area (Å²) in [6, 6.07) is 18.2. The van der Waals surface area contributed by atoms with E-state index in [2.05, 4.69) is 60.8 Å². The fourth-order valence-electron chi connectivity index (χ4n) is 3.23. The van der Waals surface area contributed by atoms with Gasteiger partial charge in [-0.05, 0) is 67.8 Å². The fourth-order valence-corrected chi connectivity index (χ4v) is 3.23. The number of hydrogen-bond acceptors (Lipinski definition) is 1. The lowest BCUT2D eigenvalue weighted by Crippen LogP contribution is -2.20. The SMILES string of the molecule is CC(NCCCc1ccccc1)c1ccc2c(c1)CCC2. The third kappa shape index (κ3) is 3.74. The molecule has 0 radical (unpaired) electrons. The van der Waals surface area contributed by atoms with Crippen molar-refractivity contribution in [1.29, 1.82) is 0 Å². The third-order valence-electron chi connectivity index (χ3n) is 4.56. The van der Waals surface area contributed by atoms with Gasteiger partial charge >= 0.3 is 0 Å². The molecule has 0 aromatic heterocycles. The quantitative estimate of drug-likeness (QED) is 0.770. The maximum absolute atomic E-state index is 3.66. The van der Waals surface area contributed by atoms with Gasteiger partial charge in [-0.2, -0.15) is 0 Å². The molecule has 0 fully saturated rings. The second-order valence-corrected chi connectivity index (χ2v) is 6.15. The topological polar surface area (TPSA) is 12.0 Å². The zero-order valence-corrected chi connectivity index (χ0v) is 12.9. The lowest BCUT2D eigenvalue weighted by Gasteiger charge is -2.15. The molecule has 1 heteroatoms. The van der Waals surface area contributed by atoms with Crippen LogP contribution in [0.2, 0.25) is 0 Å². The highest BCUT2D eigenvalue weighted by Crippen LogP contribution is 2.25. The molecule has 2 aromatic carbocycles. The lowest BCUT2D eigenvalue weighted by molar-refractivity contribution is 0.558. The lowest BCUT2D eigenvalue weighted by atomic mass is 10.0. The summed E-state index contributed by atoms with van der Waals surface area (Å²) in [7, 11) is 0. The van der Waals surface area contributed by atoms with Crippen LogP contribution in [0, 0.1) is 0 Å². The molecule has 1 aliphatic rings. The van der Waals surface area contributed by atoms with Crippen molar-refractivity contribution < 1.29 is 0 Å². The Balaban J connectivity index is 1.47. The van der Waals surface area contributed by atoms with Gasteiger partial charge in [-0.3, -0.25) is 0 Å². The number of nitrogens with one attached hydrogen (secondary N) is 1. The zero-order chi connectivity index (χ0) is 14.5. The maximum Gasteiger partial charge on any atom is 0.0291 e. The van der Waals surface area contributed by atoms with Crippen molar-refractivity contribution >= 4 is 0 Å². The molecule has 0 heterocycles. The second-order valence-electron chi connectivity index (χ2n) is 6.15. The van der Waals surface area contributed by atoms with Crippen molar-refractivity contribution in [3.63, 3.8) is 0 Å². The van der Waals surface area contributed by atoms with Gasteiger partial charge in [-0.1, -0.05) is 48.5 Å². The predicted molar refractivity (Wildman–Crippen MR) is 89.6 cm³/mol. The van der Waals surface area contributed by atoms with E-state index in [1.165, 1.54) is 36.8 Å². The Labute approximate surface area is 128 Å². The van der Waals surface area contributed by atoms with Crippen LogP contribution < -0.4 is 5.32 Å². The van der Waals surface area contributed by atoms with Crippen LogP contribution in [0.15, 0.2) is 48.5 Å². The molecule has 3 rings (SSSR count). The number of fused-ring (bicyclic) bond motifs is 1. The highest BCUT2D eigenvalue weighted by molar-refractivity contribution is 5.36. The van der Waals surface area contributed by atoms with Gasteiger partial charge in [-0.25, -0.2) is 0 Å². The van der Waals surface area contributed by atoms with Crippen LogP contribution in [0.5, 0.6) is 0 Å². The molecule has 0 saturated heterocycles. The van der Waals surface area contributed by atoms with E-state index in [-0.39, 0.29) is 0 Å². The van der Waals surface area contributed by atoms with Gasteiger partial charge in [0.1, 0.15) is 0 Å². The molecule has 0 aliphatic heterocycles. The molecule has 0 spiro atoms. The Kier molecular flexibility index (Phi) is 4.72. The first-order valence-electron chi connectivity index (χ1n) is 8.22. The molecule has 0 amide bonds. The largest absolute Gasteiger partial charge is 0.310 e. The Morgan fingerprint density at radius 2 is 1.81 bits per heavy atom. The van der Waals surface area contributed by atoms with E-state index >= 15 is 0 Å². The highest BCUT2D eigenvalue weighted by atomic mass is 14.9. The van der Waals surface area contributed by atoms with Gasteiger partial charge in [0.15, 0.2) is 0 Å². The number of rotatable bonds is 6. The van der Waals surface area contributed by atoms with Crippen molar-refractivity contribution in [3.8, 4) is 0 Å². The molecule has 1 atom stereocenters. The molecule has 21 heavy (non-hydrogen) atoms. The Hall–Kier alpha value is -1.60. The van der Waals surface area contributed by atoms with Crippen molar-refractivity contribution in [1.82, 2.24) is 5.32 Å². The summed E-state index contributed by atoms with van der Waals surface area (Å²) in [6.07, 6.45) is 6.22. The summed E-state index contributed by atoms with van der Waals surface area (Å²) in [5, 5.41) is 3.66. The normalized spacial score (nSPS) is 14.9. The minimum atomic E-state index is 0.451. The van der Waals surface area contributed by atoms with Gasteiger partial charge in [0.25, 0.3) is 0 Å². The van der Waals surface area contributed by atoms with E-state index in [9.17, 15) is 0 Å². The van der Waals surface area contributed by atoms with Crippen LogP contribution >= 0.6 is 0 Å². The molecule has 1 nitrogen and oxygen atoms in total. The predicted octanol–water partition coefficient (Wildman–Crippen LogP) is 4.46. The van der Waals surface area contributed by atoms with Gasteiger partial charge in [0, 0.05) is 6.04 Å². The van der Waals surface area contributed by atoms with E-state index < -0.39 is 0 Å². The first-order chi connectivity index (χ1) is 10.3. The number of aryl methyl sites for hydroxylation is 3. The van der Waals surface area contributed by atoms with Gasteiger partial charge in [-0.15, -0.1) is 0 Å². The van der Waals surface area contributed by atoms with Crippen LogP contribution in [-0.4, -0.2) is 6.54 Å². The summed E-state index contributed by atoms with van der Waals surface area (Å²) in [5.41, 5.74) is 6.01. The first kappa shape index (κ1) is 14.3. The molecular weight excluding hydrogens is 254 g/mol. The third-order valence-corrected chi connectivity index (χ3v) is 4.56. The summed E-state index contributed by atoms with van der Waals surface area (Å²) in [5.74, 6) is 0. The summed E-state index contributed by atoms with van der Waals surface area (Å²) < 4.78 is 0. The summed E-state index contributed by atoms with van der Waals surface area (Å²) in [6.45, 7) is 3.35. The van der Waals surface area contributed by atoms with Crippen molar-refractivity contribution in [2.75, 3.05) is 6.54 Å². The van der Waals surface area contributed by atoms with Crippen molar-refractivity contribution in [2.24, 2.45) is 0 Å². The van der Waals surface area contributed by atoms with E-state index in [1.54, 1.807) is 11.1 Å². The van der Waals surface area contributed by atoms with Crippen LogP contribution in [0.3, 0.4) is 0 Å². The molecule has 1 N–H and O–H groups in total. The minimum Gasteiger partial charge on any atom is -0.310 e. The Bertz CT molecular complexity index is 574. The smallest absolute Gasteiger partial charge is 0.0291 e. The van der Waals surface area contributed by atoms with Crippen LogP contribution in [-0.2, 0) is 19.3 Å². The first-order valence-corrected chi connectivity index (χ1v) is 8.22. The summed E-state index contributed by atoms with van der Waals surface area (Å²) in [4.78, 5) is 0. The average molecular weight is 279 g/mol. The maximum atomic E-state index is 3.66. The number of benzene rings is 2. The minimum absolute atomic E-state index is 0.451. The molecule has 2 aromatic rings. The molecule has 1 aliphatic carbocycles. The van der Waals surface area contributed by atoms with E-state index in [1.807, 2.05) is 0 Å². The van der Waals surface area contributed by atoms with E-state index in [4.69, 9.17) is 0 Å². The van der Waals surface area contributed by atoms with Gasteiger partial charge in [0.05, 0.1) is 0 Å². The molecular formula is C20H25N. The second kappa shape index (κ2) is 6.91. The monoisotopic (exact) mass is 279 g/mol. The Morgan fingerprint density at radius 1 is 1.00 bits per heavy atom. The van der Waals surface area contributed by atoms with Crippen LogP contribution in [0.25, 0.3) is 0 Å². The van der Waals surface area contributed by atoms with Gasteiger partial charge in [0.2, 0.25) is 0 Å².